The van der Waals surface area contributed by atoms with E-state index < -0.39 is 0 Å². The van der Waals surface area contributed by atoms with Crippen molar-refractivity contribution in [1.82, 2.24) is 4.98 Å². The summed E-state index contributed by atoms with van der Waals surface area (Å²) in [5.74, 6) is -0.430. The maximum Gasteiger partial charge on any atom is 0.273 e. The molecule has 3 aromatic rings. The fourth-order valence-electron chi connectivity index (χ4n) is 3.16. The van der Waals surface area contributed by atoms with E-state index in [0.717, 1.165) is 26.9 Å². The van der Waals surface area contributed by atoms with E-state index in [1.807, 2.05) is 57.2 Å². The first kappa shape index (κ1) is 18.3. The number of anilines is 2. The normalized spacial score (nSPS) is 14.3. The molecule has 0 radical (unpaired) electrons. The van der Waals surface area contributed by atoms with E-state index in [2.05, 4.69) is 15.4 Å². The zero-order valence-corrected chi connectivity index (χ0v) is 16.8. The topological polar surface area (TPSA) is 74.7 Å². The van der Waals surface area contributed by atoms with Gasteiger partial charge in [0.1, 0.15) is 5.71 Å². The third-order valence-corrected chi connectivity index (χ3v) is 5.66. The molecule has 2 aromatic carbocycles. The lowest BCUT2D eigenvalue weighted by Crippen LogP contribution is -2.36. The third-order valence-electron chi connectivity index (χ3n) is 4.73. The van der Waals surface area contributed by atoms with E-state index in [0.29, 0.717) is 23.0 Å². The van der Waals surface area contributed by atoms with Gasteiger partial charge >= 0.3 is 0 Å². The number of para-hydroxylation sites is 1. The van der Waals surface area contributed by atoms with Crippen LogP contribution in [0.2, 0.25) is 0 Å². The van der Waals surface area contributed by atoms with E-state index in [1.54, 1.807) is 0 Å². The number of nitrogens with zero attached hydrogens (tertiary/aromatic N) is 3. The van der Waals surface area contributed by atoms with Crippen molar-refractivity contribution in [3.8, 4) is 0 Å². The van der Waals surface area contributed by atoms with Crippen LogP contribution in [0.5, 0.6) is 0 Å². The number of hydrogen-bond donors (Lipinski definition) is 1. The highest BCUT2D eigenvalue weighted by molar-refractivity contribution is 7.22. The number of aryl methyl sites for hydroxylation is 3. The summed E-state index contributed by atoms with van der Waals surface area (Å²) >= 11 is 1.43. The van der Waals surface area contributed by atoms with Crippen LogP contribution in [-0.4, -0.2) is 22.5 Å². The van der Waals surface area contributed by atoms with Crippen molar-refractivity contribution < 1.29 is 9.59 Å². The second-order valence-electron chi connectivity index (χ2n) is 6.94. The number of aromatic nitrogens is 1. The van der Waals surface area contributed by atoms with Crippen molar-refractivity contribution in [2.75, 3.05) is 10.3 Å². The molecule has 6 nitrogen and oxygen atoms in total. The van der Waals surface area contributed by atoms with Crippen molar-refractivity contribution in [3.63, 3.8) is 0 Å². The number of hydrogen-bond acceptors (Lipinski definition) is 5. The Morgan fingerprint density at radius 1 is 1.11 bits per heavy atom. The Labute approximate surface area is 166 Å². The largest absolute Gasteiger partial charge is 0.297 e. The summed E-state index contributed by atoms with van der Waals surface area (Å²) in [6.45, 7) is 5.88. The SMILES string of the molecule is Cc1ccc(C)c(N2N=C(C(=O)Nc3nc4c(C)cccc4s3)CCC2=O)c1. The monoisotopic (exact) mass is 392 g/mol. The van der Waals surface area contributed by atoms with Crippen molar-refractivity contribution in [3.05, 3.63) is 53.1 Å². The molecule has 4 rings (SSSR count). The van der Waals surface area contributed by atoms with Crippen LogP contribution in [0.4, 0.5) is 10.8 Å². The van der Waals surface area contributed by atoms with Gasteiger partial charge in [0.05, 0.1) is 15.9 Å². The zero-order valence-electron chi connectivity index (χ0n) is 15.9. The number of hydrazone groups is 1. The molecular weight excluding hydrogens is 372 g/mol. The molecule has 1 N–H and O–H groups in total. The molecule has 2 heterocycles. The lowest BCUT2D eigenvalue weighted by molar-refractivity contribution is -0.118. The van der Waals surface area contributed by atoms with Gasteiger partial charge in [0.25, 0.3) is 5.91 Å². The van der Waals surface area contributed by atoms with Crippen LogP contribution in [0.1, 0.15) is 29.5 Å². The quantitative estimate of drug-likeness (QED) is 0.720. The fraction of sp³-hybridized carbons (Fsp3) is 0.238. The summed E-state index contributed by atoms with van der Waals surface area (Å²) in [7, 11) is 0. The highest BCUT2D eigenvalue weighted by Crippen LogP contribution is 2.29. The molecule has 0 fully saturated rings. The molecule has 0 spiro atoms. The van der Waals surface area contributed by atoms with Crippen LogP contribution >= 0.6 is 11.3 Å². The molecule has 0 atom stereocenters. The Bertz CT molecular complexity index is 1130. The average Bonchev–Trinajstić information content (AvgIpc) is 3.08. The number of fused-ring (bicyclic) bond motifs is 1. The van der Waals surface area contributed by atoms with Gasteiger partial charge in [0.15, 0.2) is 5.13 Å². The summed E-state index contributed by atoms with van der Waals surface area (Å²) in [5.41, 5.74) is 4.97. The Morgan fingerprint density at radius 2 is 1.93 bits per heavy atom. The predicted molar refractivity (Wildman–Crippen MR) is 113 cm³/mol. The number of amides is 2. The van der Waals surface area contributed by atoms with Crippen molar-refractivity contribution in [2.45, 2.75) is 33.6 Å². The molecule has 142 valence electrons. The fourth-order valence-corrected chi connectivity index (χ4v) is 4.10. The van der Waals surface area contributed by atoms with Crippen molar-refractivity contribution in [2.24, 2.45) is 5.10 Å². The molecule has 1 aliphatic rings. The van der Waals surface area contributed by atoms with Gasteiger partial charge < -0.3 is 0 Å². The molecule has 1 aromatic heterocycles. The number of rotatable bonds is 3. The molecule has 2 amide bonds. The van der Waals surface area contributed by atoms with Gasteiger partial charge in [-0.1, -0.05) is 35.6 Å². The molecule has 0 saturated carbocycles. The molecule has 0 unspecified atom stereocenters. The number of carbonyl (C=O) groups is 2. The van der Waals surface area contributed by atoms with Gasteiger partial charge in [-0.05, 0) is 49.6 Å². The Kier molecular flexibility index (Phi) is 4.68. The minimum absolute atomic E-state index is 0.110. The van der Waals surface area contributed by atoms with Gasteiger partial charge in [-0.2, -0.15) is 5.10 Å². The van der Waals surface area contributed by atoms with Crippen LogP contribution in [0, 0.1) is 20.8 Å². The van der Waals surface area contributed by atoms with Gasteiger partial charge in [0, 0.05) is 12.8 Å². The second-order valence-corrected chi connectivity index (χ2v) is 7.97. The molecule has 0 aliphatic carbocycles. The van der Waals surface area contributed by atoms with Gasteiger partial charge in [-0.25, -0.2) is 9.99 Å². The van der Waals surface area contributed by atoms with Crippen molar-refractivity contribution in [1.29, 1.82) is 0 Å². The van der Waals surface area contributed by atoms with Gasteiger partial charge in [0.2, 0.25) is 5.91 Å². The lowest BCUT2D eigenvalue weighted by Gasteiger charge is -2.24. The Hall–Kier alpha value is -3.06. The third kappa shape index (κ3) is 3.41. The minimum atomic E-state index is -0.320. The first-order chi connectivity index (χ1) is 13.4. The molecule has 7 heteroatoms. The van der Waals surface area contributed by atoms with Gasteiger partial charge in [-0.3, -0.25) is 14.9 Å². The standard InChI is InChI=1S/C21H20N4O2S/c1-12-7-8-13(2)16(11-12)25-18(26)10-9-15(24-25)20(27)23-21-22-19-14(3)5-4-6-17(19)28-21/h4-8,11H,9-10H2,1-3H3,(H,22,23,27). The summed E-state index contributed by atoms with van der Waals surface area (Å²) in [5, 5.41) is 9.09. The molecular formula is C21H20N4O2S. The van der Waals surface area contributed by atoms with Gasteiger partial charge in [-0.15, -0.1) is 0 Å². The number of nitrogens with one attached hydrogen (secondary N) is 1. The van der Waals surface area contributed by atoms with Crippen LogP contribution in [0.3, 0.4) is 0 Å². The Balaban J connectivity index is 1.62. The predicted octanol–water partition coefficient (Wildman–Crippen LogP) is 4.34. The minimum Gasteiger partial charge on any atom is -0.297 e. The average molecular weight is 392 g/mol. The maximum atomic E-state index is 12.8. The molecule has 28 heavy (non-hydrogen) atoms. The second kappa shape index (κ2) is 7.16. The van der Waals surface area contributed by atoms with Crippen LogP contribution < -0.4 is 10.3 Å². The highest BCUT2D eigenvalue weighted by Gasteiger charge is 2.27. The first-order valence-electron chi connectivity index (χ1n) is 9.07. The summed E-state index contributed by atoms with van der Waals surface area (Å²) < 4.78 is 1.02. The van der Waals surface area contributed by atoms with Crippen LogP contribution in [-0.2, 0) is 9.59 Å². The van der Waals surface area contributed by atoms with E-state index in [1.165, 1.54) is 16.3 Å². The van der Waals surface area contributed by atoms with E-state index in [-0.39, 0.29) is 18.2 Å². The molecule has 0 bridgehead atoms. The molecule has 0 saturated heterocycles. The number of benzene rings is 2. The van der Waals surface area contributed by atoms with Crippen LogP contribution in [0.15, 0.2) is 41.5 Å². The van der Waals surface area contributed by atoms with Crippen molar-refractivity contribution >= 4 is 49.9 Å². The zero-order chi connectivity index (χ0) is 19.8. The number of thiazole rings is 1. The number of carbonyl (C=O) groups excluding carboxylic acids is 2. The summed E-state index contributed by atoms with van der Waals surface area (Å²) in [6.07, 6.45) is 0.564. The molecule has 1 aliphatic heterocycles. The summed E-state index contributed by atoms with van der Waals surface area (Å²) in [6, 6.07) is 11.8. The van der Waals surface area contributed by atoms with E-state index in [4.69, 9.17) is 0 Å². The smallest absolute Gasteiger partial charge is 0.273 e. The highest BCUT2D eigenvalue weighted by atomic mass is 32.1. The first-order valence-corrected chi connectivity index (χ1v) is 9.89. The lowest BCUT2D eigenvalue weighted by atomic mass is 10.1. The van der Waals surface area contributed by atoms with E-state index in [9.17, 15) is 9.59 Å². The maximum absolute atomic E-state index is 12.8. The Morgan fingerprint density at radius 3 is 2.71 bits per heavy atom. The van der Waals surface area contributed by atoms with E-state index >= 15 is 0 Å². The summed E-state index contributed by atoms with van der Waals surface area (Å²) in [4.78, 5) is 29.7. The van der Waals surface area contributed by atoms with Crippen LogP contribution in [0.25, 0.3) is 10.2 Å².